The molecule has 1 aromatic heterocycles. The van der Waals surface area contributed by atoms with E-state index in [-0.39, 0.29) is 11.8 Å². The fraction of sp³-hybridized carbons (Fsp3) is 0.250. The highest BCUT2D eigenvalue weighted by atomic mass is 79.9. The number of hydrogen-bond donors (Lipinski definition) is 1. The normalized spacial score (nSPS) is 19.9. The molecule has 1 saturated carbocycles. The lowest BCUT2D eigenvalue weighted by Gasteiger charge is -2.08. The number of rotatable bonds is 4. The van der Waals surface area contributed by atoms with E-state index >= 15 is 0 Å². The lowest BCUT2D eigenvalue weighted by molar-refractivity contribution is -0.117. The van der Waals surface area contributed by atoms with Crippen molar-refractivity contribution in [2.24, 2.45) is 5.92 Å². The number of methoxy groups -OCH3 is 1. The van der Waals surface area contributed by atoms with Crippen molar-refractivity contribution < 1.29 is 9.53 Å². The molecule has 21 heavy (non-hydrogen) atoms. The van der Waals surface area contributed by atoms with Gasteiger partial charge in [-0.15, -0.1) is 0 Å². The standard InChI is InChI=1S/C16H15BrN2O2/c1-21-15-5-4-11(7-14(15)17)19-16(20)13-8-12(13)10-3-2-6-18-9-10/h2-7,9,12-13H,8H2,1H3,(H,19,20)/t12-,13-/m0/s1. The van der Waals surface area contributed by atoms with Gasteiger partial charge in [0.15, 0.2) is 0 Å². The van der Waals surface area contributed by atoms with Crippen LogP contribution in [0.2, 0.25) is 0 Å². The number of amides is 1. The number of pyridine rings is 1. The Morgan fingerprint density at radius 3 is 2.95 bits per heavy atom. The molecule has 0 spiro atoms. The first-order valence-corrected chi connectivity index (χ1v) is 7.52. The minimum absolute atomic E-state index is 0.0371. The summed E-state index contributed by atoms with van der Waals surface area (Å²) in [6.07, 6.45) is 4.46. The third kappa shape index (κ3) is 3.08. The summed E-state index contributed by atoms with van der Waals surface area (Å²) >= 11 is 3.41. The van der Waals surface area contributed by atoms with E-state index in [9.17, 15) is 4.79 Å². The molecule has 0 saturated heterocycles. The lowest BCUT2D eigenvalue weighted by Crippen LogP contribution is -2.14. The van der Waals surface area contributed by atoms with Gasteiger partial charge in [0.2, 0.25) is 5.91 Å². The highest BCUT2D eigenvalue weighted by molar-refractivity contribution is 9.10. The number of carbonyl (C=O) groups is 1. The summed E-state index contributed by atoms with van der Waals surface area (Å²) < 4.78 is 5.99. The molecular weight excluding hydrogens is 332 g/mol. The number of halogens is 1. The third-order valence-corrected chi connectivity index (χ3v) is 4.28. The van der Waals surface area contributed by atoms with Gasteiger partial charge in [0.05, 0.1) is 11.6 Å². The quantitative estimate of drug-likeness (QED) is 0.920. The Morgan fingerprint density at radius 2 is 2.29 bits per heavy atom. The van der Waals surface area contributed by atoms with Gasteiger partial charge in [0.25, 0.3) is 0 Å². The Balaban J connectivity index is 1.64. The summed E-state index contributed by atoms with van der Waals surface area (Å²) in [6, 6.07) is 9.43. The Labute approximate surface area is 131 Å². The molecule has 1 aliphatic rings. The van der Waals surface area contributed by atoms with Crippen molar-refractivity contribution in [2.45, 2.75) is 12.3 Å². The lowest BCUT2D eigenvalue weighted by atomic mass is 10.1. The molecular formula is C16H15BrN2O2. The number of ether oxygens (including phenoxy) is 1. The van der Waals surface area contributed by atoms with Gasteiger partial charge < -0.3 is 10.1 Å². The van der Waals surface area contributed by atoms with Crippen LogP contribution in [0.4, 0.5) is 5.69 Å². The van der Waals surface area contributed by atoms with E-state index in [1.54, 1.807) is 13.3 Å². The summed E-state index contributed by atoms with van der Waals surface area (Å²) in [5.41, 5.74) is 1.90. The van der Waals surface area contributed by atoms with E-state index in [0.717, 1.165) is 27.9 Å². The molecule has 1 aliphatic carbocycles. The first kappa shape index (κ1) is 14.1. The van der Waals surface area contributed by atoms with Crippen LogP contribution < -0.4 is 10.1 Å². The van der Waals surface area contributed by atoms with Crippen molar-refractivity contribution in [1.29, 1.82) is 0 Å². The number of hydrogen-bond acceptors (Lipinski definition) is 3. The van der Waals surface area contributed by atoms with Gasteiger partial charge in [0, 0.05) is 24.0 Å². The van der Waals surface area contributed by atoms with Crippen LogP contribution in [0.5, 0.6) is 5.75 Å². The molecule has 1 fully saturated rings. The van der Waals surface area contributed by atoms with Crippen LogP contribution in [0.25, 0.3) is 0 Å². The van der Waals surface area contributed by atoms with Gasteiger partial charge in [-0.1, -0.05) is 6.07 Å². The van der Waals surface area contributed by atoms with E-state index in [1.807, 2.05) is 36.5 Å². The molecule has 0 aliphatic heterocycles. The van der Waals surface area contributed by atoms with Crippen molar-refractivity contribution in [1.82, 2.24) is 4.98 Å². The molecule has 0 radical (unpaired) electrons. The molecule has 3 rings (SSSR count). The topological polar surface area (TPSA) is 51.2 Å². The van der Waals surface area contributed by atoms with E-state index < -0.39 is 0 Å². The van der Waals surface area contributed by atoms with Crippen molar-refractivity contribution in [2.75, 3.05) is 12.4 Å². The Kier molecular flexibility index (Phi) is 3.92. The fourth-order valence-corrected chi connectivity index (χ4v) is 2.97. The van der Waals surface area contributed by atoms with Crippen molar-refractivity contribution in [3.63, 3.8) is 0 Å². The largest absolute Gasteiger partial charge is 0.496 e. The van der Waals surface area contributed by atoms with Gasteiger partial charge >= 0.3 is 0 Å². The summed E-state index contributed by atoms with van der Waals surface area (Å²) in [5.74, 6) is 1.13. The van der Waals surface area contributed by atoms with E-state index in [4.69, 9.17) is 4.74 Å². The van der Waals surface area contributed by atoms with E-state index in [2.05, 4.69) is 26.2 Å². The minimum atomic E-state index is 0.0371. The monoisotopic (exact) mass is 346 g/mol. The van der Waals surface area contributed by atoms with Crippen LogP contribution in [-0.2, 0) is 4.79 Å². The zero-order valence-electron chi connectivity index (χ0n) is 11.5. The van der Waals surface area contributed by atoms with Crippen molar-refractivity contribution in [3.8, 4) is 5.75 Å². The second-order valence-electron chi connectivity index (χ2n) is 5.07. The van der Waals surface area contributed by atoms with E-state index in [0.29, 0.717) is 5.92 Å². The highest BCUT2D eigenvalue weighted by Gasteiger charge is 2.44. The molecule has 0 unspecified atom stereocenters. The number of anilines is 1. The average Bonchev–Trinajstić information content (AvgIpc) is 3.29. The Bertz CT molecular complexity index is 661. The molecule has 1 heterocycles. The SMILES string of the molecule is COc1ccc(NC(=O)[C@H]2C[C@H]2c2cccnc2)cc1Br. The molecule has 1 aromatic carbocycles. The zero-order valence-corrected chi connectivity index (χ0v) is 13.1. The summed E-state index contributed by atoms with van der Waals surface area (Å²) in [7, 11) is 1.61. The Hall–Kier alpha value is -1.88. The maximum absolute atomic E-state index is 12.2. The average molecular weight is 347 g/mol. The molecule has 1 N–H and O–H groups in total. The third-order valence-electron chi connectivity index (χ3n) is 3.66. The van der Waals surface area contributed by atoms with Gasteiger partial charge in [-0.3, -0.25) is 9.78 Å². The number of carbonyl (C=O) groups excluding carboxylic acids is 1. The van der Waals surface area contributed by atoms with Crippen LogP contribution >= 0.6 is 15.9 Å². The second kappa shape index (κ2) is 5.85. The molecule has 108 valence electrons. The van der Waals surface area contributed by atoms with Gasteiger partial charge in [0.1, 0.15) is 5.75 Å². The van der Waals surface area contributed by atoms with Gasteiger partial charge in [-0.2, -0.15) is 0 Å². The van der Waals surface area contributed by atoms with Crippen LogP contribution in [0.15, 0.2) is 47.2 Å². The highest BCUT2D eigenvalue weighted by Crippen LogP contribution is 2.47. The number of aromatic nitrogens is 1. The Morgan fingerprint density at radius 1 is 1.43 bits per heavy atom. The predicted molar refractivity (Wildman–Crippen MR) is 84.4 cm³/mol. The molecule has 4 nitrogen and oxygen atoms in total. The summed E-state index contributed by atoms with van der Waals surface area (Å²) in [5, 5.41) is 2.95. The van der Waals surface area contributed by atoms with E-state index in [1.165, 1.54) is 0 Å². The van der Waals surface area contributed by atoms with Crippen LogP contribution in [-0.4, -0.2) is 18.0 Å². The number of benzene rings is 1. The maximum Gasteiger partial charge on any atom is 0.228 e. The fourth-order valence-electron chi connectivity index (χ4n) is 2.43. The number of nitrogens with zero attached hydrogens (tertiary/aromatic N) is 1. The van der Waals surface area contributed by atoms with Gasteiger partial charge in [-0.05, 0) is 58.1 Å². The van der Waals surface area contributed by atoms with Gasteiger partial charge in [-0.25, -0.2) is 0 Å². The molecule has 0 bridgehead atoms. The summed E-state index contributed by atoms with van der Waals surface area (Å²) in [4.78, 5) is 16.3. The first-order chi connectivity index (χ1) is 10.2. The van der Waals surface area contributed by atoms with Crippen molar-refractivity contribution >= 4 is 27.5 Å². The van der Waals surface area contributed by atoms with Crippen molar-refractivity contribution in [3.05, 3.63) is 52.8 Å². The second-order valence-corrected chi connectivity index (χ2v) is 5.93. The molecule has 2 aromatic rings. The summed E-state index contributed by atoms with van der Waals surface area (Å²) in [6.45, 7) is 0. The first-order valence-electron chi connectivity index (χ1n) is 6.73. The molecule has 2 atom stereocenters. The molecule has 5 heteroatoms. The minimum Gasteiger partial charge on any atom is -0.496 e. The smallest absolute Gasteiger partial charge is 0.228 e. The zero-order chi connectivity index (χ0) is 14.8. The number of nitrogens with one attached hydrogen (secondary N) is 1. The van der Waals surface area contributed by atoms with Crippen LogP contribution in [0.1, 0.15) is 17.9 Å². The van der Waals surface area contributed by atoms with Crippen LogP contribution in [0.3, 0.4) is 0 Å². The maximum atomic E-state index is 12.2. The molecule has 1 amide bonds. The predicted octanol–water partition coefficient (Wildman–Crippen LogP) is 3.59. The van der Waals surface area contributed by atoms with Crippen LogP contribution in [0, 0.1) is 5.92 Å².